The van der Waals surface area contributed by atoms with E-state index in [-0.39, 0.29) is 5.91 Å². The van der Waals surface area contributed by atoms with Crippen molar-refractivity contribution in [2.24, 2.45) is 0 Å². The molecule has 0 unspecified atom stereocenters. The lowest BCUT2D eigenvalue weighted by atomic mass is 10.1. The Morgan fingerprint density at radius 2 is 2.04 bits per heavy atom. The molecule has 0 aliphatic heterocycles. The molecule has 0 saturated carbocycles. The van der Waals surface area contributed by atoms with Gasteiger partial charge in [-0.25, -0.2) is 0 Å². The molecule has 7 heteroatoms. The van der Waals surface area contributed by atoms with Crippen molar-refractivity contribution in [1.82, 2.24) is 10.3 Å². The van der Waals surface area contributed by atoms with E-state index in [1.54, 1.807) is 37.5 Å². The number of anilines is 1. The van der Waals surface area contributed by atoms with Crippen LogP contribution >= 0.6 is 11.9 Å². The number of H-pyrrole nitrogens is 1. The Morgan fingerprint density at radius 1 is 1.20 bits per heavy atom. The molecule has 0 saturated heterocycles. The standard InChI is InChI=1S/C18H13N5OS/c1-21-18(24)14-5-6-15(17-16(14)12(9-20)10-22-17)23-25-13-4-2-3-11(7-13)8-19/h2-7,10,22-23H,1H3,(H,21,24). The average molecular weight is 347 g/mol. The van der Waals surface area contributed by atoms with Gasteiger partial charge in [0.25, 0.3) is 5.91 Å². The summed E-state index contributed by atoms with van der Waals surface area (Å²) in [7, 11) is 1.55. The van der Waals surface area contributed by atoms with Gasteiger partial charge in [-0.15, -0.1) is 0 Å². The van der Waals surface area contributed by atoms with Gasteiger partial charge in [0, 0.05) is 23.5 Å². The number of carbonyl (C=O) groups excluding carboxylic acids is 1. The molecular formula is C18H13N5OS. The third kappa shape index (κ3) is 3.14. The first-order chi connectivity index (χ1) is 12.2. The van der Waals surface area contributed by atoms with Crippen molar-refractivity contribution in [3.05, 3.63) is 59.3 Å². The Kier molecular flexibility index (Phi) is 4.60. The molecule has 1 aromatic heterocycles. The highest BCUT2D eigenvalue weighted by Gasteiger charge is 2.16. The van der Waals surface area contributed by atoms with Crippen LogP contribution in [0.3, 0.4) is 0 Å². The molecule has 3 aromatic rings. The number of amides is 1. The fourth-order valence-corrected chi connectivity index (χ4v) is 3.22. The monoisotopic (exact) mass is 347 g/mol. The van der Waals surface area contributed by atoms with Crippen LogP contribution in [0.15, 0.2) is 47.5 Å². The normalized spacial score (nSPS) is 10.0. The summed E-state index contributed by atoms with van der Waals surface area (Å²) in [6.45, 7) is 0. The van der Waals surface area contributed by atoms with Gasteiger partial charge in [-0.2, -0.15) is 10.5 Å². The maximum Gasteiger partial charge on any atom is 0.251 e. The molecule has 1 heterocycles. The maximum atomic E-state index is 12.1. The lowest BCUT2D eigenvalue weighted by molar-refractivity contribution is 0.0964. The first-order valence-corrected chi connectivity index (χ1v) is 8.19. The molecule has 0 aliphatic carbocycles. The van der Waals surface area contributed by atoms with Gasteiger partial charge in [0.2, 0.25) is 0 Å². The van der Waals surface area contributed by atoms with Crippen molar-refractivity contribution in [1.29, 1.82) is 10.5 Å². The fourth-order valence-electron chi connectivity index (χ4n) is 2.49. The van der Waals surface area contributed by atoms with Crippen LogP contribution in [0.5, 0.6) is 0 Å². The van der Waals surface area contributed by atoms with Crippen molar-refractivity contribution >= 4 is 34.4 Å². The van der Waals surface area contributed by atoms with Gasteiger partial charge >= 0.3 is 0 Å². The number of rotatable bonds is 4. The minimum atomic E-state index is -0.248. The summed E-state index contributed by atoms with van der Waals surface area (Å²) in [6.07, 6.45) is 1.59. The Labute approximate surface area is 148 Å². The summed E-state index contributed by atoms with van der Waals surface area (Å²) in [5.74, 6) is -0.248. The third-order valence-corrected chi connectivity index (χ3v) is 4.48. The van der Waals surface area contributed by atoms with Crippen LogP contribution in [0.25, 0.3) is 10.9 Å². The Morgan fingerprint density at radius 3 is 2.76 bits per heavy atom. The predicted molar refractivity (Wildman–Crippen MR) is 97.0 cm³/mol. The highest BCUT2D eigenvalue weighted by molar-refractivity contribution is 8.00. The molecule has 25 heavy (non-hydrogen) atoms. The first kappa shape index (κ1) is 16.4. The van der Waals surface area contributed by atoms with Crippen molar-refractivity contribution in [3.63, 3.8) is 0 Å². The van der Waals surface area contributed by atoms with Gasteiger partial charge in [0.15, 0.2) is 0 Å². The van der Waals surface area contributed by atoms with Gasteiger partial charge < -0.3 is 15.0 Å². The lowest BCUT2D eigenvalue weighted by Crippen LogP contribution is -2.18. The number of nitrogens with zero attached hydrogens (tertiary/aromatic N) is 2. The number of hydrogen-bond acceptors (Lipinski definition) is 5. The highest BCUT2D eigenvalue weighted by atomic mass is 32.2. The van der Waals surface area contributed by atoms with E-state index in [1.807, 2.05) is 12.1 Å². The second-order valence-corrected chi connectivity index (χ2v) is 6.03. The molecule has 0 spiro atoms. The van der Waals surface area contributed by atoms with Gasteiger partial charge in [0.05, 0.1) is 34.0 Å². The van der Waals surface area contributed by atoms with Crippen LogP contribution < -0.4 is 10.0 Å². The van der Waals surface area contributed by atoms with Crippen LogP contribution in [0.1, 0.15) is 21.5 Å². The van der Waals surface area contributed by atoms with E-state index in [9.17, 15) is 10.1 Å². The molecule has 2 aromatic carbocycles. The Bertz CT molecular complexity index is 1040. The van der Waals surface area contributed by atoms with Crippen LogP contribution in [0, 0.1) is 22.7 Å². The van der Waals surface area contributed by atoms with E-state index in [1.165, 1.54) is 11.9 Å². The maximum absolute atomic E-state index is 12.1. The van der Waals surface area contributed by atoms with E-state index < -0.39 is 0 Å². The van der Waals surface area contributed by atoms with Gasteiger partial charge in [-0.3, -0.25) is 4.79 Å². The number of benzene rings is 2. The van der Waals surface area contributed by atoms with Crippen molar-refractivity contribution in [2.45, 2.75) is 4.90 Å². The average Bonchev–Trinajstić information content (AvgIpc) is 3.10. The number of fused-ring (bicyclic) bond motifs is 1. The molecule has 0 radical (unpaired) electrons. The van der Waals surface area contributed by atoms with Crippen LogP contribution in [0.4, 0.5) is 5.69 Å². The van der Waals surface area contributed by atoms with Crippen molar-refractivity contribution < 1.29 is 4.79 Å². The quantitative estimate of drug-likeness (QED) is 0.628. The number of carbonyl (C=O) groups is 1. The molecule has 0 fully saturated rings. The Hall–Kier alpha value is -3.42. The molecule has 3 N–H and O–H groups in total. The number of hydrogen-bond donors (Lipinski definition) is 3. The molecule has 0 aliphatic rings. The minimum Gasteiger partial charge on any atom is -0.358 e. The van der Waals surface area contributed by atoms with Crippen LogP contribution in [-0.2, 0) is 0 Å². The lowest BCUT2D eigenvalue weighted by Gasteiger charge is -2.10. The summed E-state index contributed by atoms with van der Waals surface area (Å²) >= 11 is 1.35. The largest absolute Gasteiger partial charge is 0.358 e. The number of aromatic amines is 1. The van der Waals surface area contributed by atoms with E-state index in [4.69, 9.17) is 5.26 Å². The summed E-state index contributed by atoms with van der Waals surface area (Å²) in [5.41, 5.74) is 2.86. The zero-order valence-corrected chi connectivity index (χ0v) is 14.1. The SMILES string of the molecule is CNC(=O)c1ccc(NSc2cccc(C#N)c2)c2[nH]cc(C#N)c12. The van der Waals surface area contributed by atoms with Crippen molar-refractivity contribution in [2.75, 3.05) is 11.8 Å². The zero-order valence-electron chi connectivity index (χ0n) is 13.3. The number of aromatic nitrogens is 1. The summed E-state index contributed by atoms with van der Waals surface area (Å²) < 4.78 is 3.21. The first-order valence-electron chi connectivity index (χ1n) is 7.37. The topological polar surface area (TPSA) is 104 Å². The van der Waals surface area contributed by atoms with Gasteiger partial charge in [-0.05, 0) is 42.3 Å². The fraction of sp³-hybridized carbons (Fsp3) is 0.0556. The number of nitriles is 2. The minimum absolute atomic E-state index is 0.248. The second kappa shape index (κ2) is 7.00. The highest BCUT2D eigenvalue weighted by Crippen LogP contribution is 2.32. The zero-order chi connectivity index (χ0) is 17.8. The van der Waals surface area contributed by atoms with Gasteiger partial charge in [0.1, 0.15) is 6.07 Å². The van der Waals surface area contributed by atoms with Crippen LogP contribution in [0.2, 0.25) is 0 Å². The smallest absolute Gasteiger partial charge is 0.251 e. The summed E-state index contributed by atoms with van der Waals surface area (Å²) in [6, 6.07) is 14.9. The van der Waals surface area contributed by atoms with E-state index in [0.29, 0.717) is 27.6 Å². The molecule has 122 valence electrons. The molecule has 3 rings (SSSR count). The molecular weight excluding hydrogens is 334 g/mol. The second-order valence-electron chi connectivity index (χ2n) is 5.15. The van der Waals surface area contributed by atoms with Gasteiger partial charge in [-0.1, -0.05) is 6.07 Å². The van der Waals surface area contributed by atoms with E-state index in [2.05, 4.69) is 27.2 Å². The van der Waals surface area contributed by atoms with Crippen molar-refractivity contribution in [3.8, 4) is 12.1 Å². The summed E-state index contributed by atoms with van der Waals surface area (Å²) in [5, 5.41) is 21.4. The molecule has 1 amide bonds. The third-order valence-electron chi connectivity index (χ3n) is 3.67. The molecule has 0 bridgehead atoms. The summed E-state index contributed by atoms with van der Waals surface area (Å²) in [4.78, 5) is 16.0. The molecule has 0 atom stereocenters. The molecule has 6 nitrogen and oxygen atoms in total. The number of nitrogens with one attached hydrogen (secondary N) is 3. The van der Waals surface area contributed by atoms with Crippen LogP contribution in [-0.4, -0.2) is 17.9 Å². The predicted octanol–water partition coefficient (Wildman–Crippen LogP) is 3.39. The Balaban J connectivity index is 1.98. The van der Waals surface area contributed by atoms with E-state index in [0.717, 1.165) is 10.6 Å². The van der Waals surface area contributed by atoms with E-state index >= 15 is 0 Å².